The number of nitrogens with one attached hydrogen (secondary N) is 2. The van der Waals surface area contributed by atoms with Gasteiger partial charge in [-0.25, -0.2) is 0 Å². The van der Waals surface area contributed by atoms with Gasteiger partial charge < -0.3 is 15.4 Å². The van der Waals surface area contributed by atoms with E-state index in [0.29, 0.717) is 18.0 Å². The number of ether oxygens (including phenoxy) is 1. The molecule has 1 heterocycles. The molecule has 0 bridgehead atoms. The number of hydrogen-bond acceptors (Lipinski definition) is 4. The number of fused-ring (bicyclic) bond motifs is 1. The van der Waals surface area contributed by atoms with Crippen LogP contribution in [0.25, 0.3) is 0 Å². The van der Waals surface area contributed by atoms with Crippen LogP contribution in [0.1, 0.15) is 13.3 Å². The summed E-state index contributed by atoms with van der Waals surface area (Å²) in [6.45, 7) is 4.25. The molecule has 0 spiro atoms. The van der Waals surface area contributed by atoms with E-state index in [1.165, 1.54) is 4.90 Å². The first-order chi connectivity index (χ1) is 10.6. The quantitative estimate of drug-likeness (QED) is 0.710. The van der Waals surface area contributed by atoms with Crippen molar-refractivity contribution in [2.45, 2.75) is 13.3 Å². The summed E-state index contributed by atoms with van der Waals surface area (Å²) < 4.78 is 6.26. The van der Waals surface area contributed by atoms with Crippen LogP contribution in [0, 0.1) is 0 Å². The highest BCUT2D eigenvalue weighted by Crippen LogP contribution is 2.34. The fourth-order valence-electron chi connectivity index (χ4n) is 2.14. The first kappa shape index (κ1) is 16.8. The number of carbonyl (C=O) groups excluding carboxylic acids is 2. The first-order valence-electron chi connectivity index (χ1n) is 7.32. The van der Waals surface area contributed by atoms with E-state index in [1.54, 1.807) is 12.1 Å². The maximum Gasteiger partial charge on any atom is 0.265 e. The molecular formula is C15H20BrN3O3. The van der Waals surface area contributed by atoms with E-state index in [0.717, 1.165) is 24.0 Å². The Labute approximate surface area is 138 Å². The maximum atomic E-state index is 12.0. The van der Waals surface area contributed by atoms with E-state index in [4.69, 9.17) is 4.74 Å². The van der Waals surface area contributed by atoms with Gasteiger partial charge in [-0.1, -0.05) is 22.9 Å². The predicted octanol–water partition coefficient (Wildman–Crippen LogP) is 1.29. The van der Waals surface area contributed by atoms with Crippen molar-refractivity contribution in [3.63, 3.8) is 0 Å². The molecule has 22 heavy (non-hydrogen) atoms. The Kier molecular flexibility index (Phi) is 6.21. The van der Waals surface area contributed by atoms with Gasteiger partial charge in [-0.15, -0.1) is 0 Å². The smallest absolute Gasteiger partial charge is 0.265 e. The molecule has 0 saturated heterocycles. The van der Waals surface area contributed by atoms with Crippen LogP contribution in [0.15, 0.2) is 22.7 Å². The molecule has 2 amide bonds. The maximum absolute atomic E-state index is 12.0. The molecule has 0 aliphatic carbocycles. The Balaban J connectivity index is 1.92. The molecule has 1 aromatic rings. The number of anilines is 1. The molecular weight excluding hydrogens is 350 g/mol. The molecule has 0 radical (unpaired) electrons. The molecule has 120 valence electrons. The second-order valence-electron chi connectivity index (χ2n) is 4.98. The lowest BCUT2D eigenvalue weighted by atomic mass is 10.2. The van der Waals surface area contributed by atoms with Crippen LogP contribution in [0.2, 0.25) is 0 Å². The Morgan fingerprint density at radius 1 is 1.36 bits per heavy atom. The molecule has 1 aliphatic heterocycles. The molecule has 0 aromatic heterocycles. The van der Waals surface area contributed by atoms with Gasteiger partial charge in [0.25, 0.3) is 5.91 Å². The van der Waals surface area contributed by atoms with Crippen LogP contribution >= 0.6 is 15.9 Å². The van der Waals surface area contributed by atoms with E-state index in [1.807, 2.05) is 6.07 Å². The lowest BCUT2D eigenvalue weighted by Crippen LogP contribution is -2.46. The zero-order valence-corrected chi connectivity index (χ0v) is 14.1. The SMILES string of the molecule is CCCNCCNC(=O)CN1C(=O)COc2cc(Br)ccc21. The molecule has 0 atom stereocenters. The van der Waals surface area contributed by atoms with Gasteiger partial charge in [0.05, 0.1) is 5.69 Å². The standard InChI is InChI=1S/C15H20BrN3O3/c1-2-5-17-6-7-18-14(20)9-19-12-4-3-11(16)8-13(12)22-10-15(19)21/h3-4,8,17H,2,5-7,9-10H2,1H3,(H,18,20). The van der Waals surface area contributed by atoms with Gasteiger partial charge in [0, 0.05) is 17.6 Å². The summed E-state index contributed by atoms with van der Waals surface area (Å²) in [7, 11) is 0. The third-order valence-corrected chi connectivity index (χ3v) is 3.71. The van der Waals surface area contributed by atoms with Crippen molar-refractivity contribution in [1.82, 2.24) is 10.6 Å². The summed E-state index contributed by atoms with van der Waals surface area (Å²) in [6.07, 6.45) is 1.06. The summed E-state index contributed by atoms with van der Waals surface area (Å²) in [5.74, 6) is 0.211. The Hall–Kier alpha value is -1.60. The zero-order valence-electron chi connectivity index (χ0n) is 12.5. The largest absolute Gasteiger partial charge is 0.482 e. The lowest BCUT2D eigenvalue weighted by Gasteiger charge is -2.29. The van der Waals surface area contributed by atoms with Gasteiger partial charge in [0.15, 0.2) is 6.61 Å². The van der Waals surface area contributed by atoms with Crippen molar-refractivity contribution in [3.8, 4) is 5.75 Å². The Morgan fingerprint density at radius 3 is 2.95 bits per heavy atom. The van der Waals surface area contributed by atoms with Crippen LogP contribution in [0.5, 0.6) is 5.75 Å². The summed E-state index contributed by atoms with van der Waals surface area (Å²) in [4.78, 5) is 25.4. The molecule has 0 fully saturated rings. The molecule has 2 N–H and O–H groups in total. The number of rotatable bonds is 7. The first-order valence-corrected chi connectivity index (χ1v) is 8.11. The number of carbonyl (C=O) groups is 2. The molecule has 6 nitrogen and oxygen atoms in total. The highest BCUT2D eigenvalue weighted by Gasteiger charge is 2.27. The average molecular weight is 370 g/mol. The molecule has 1 aliphatic rings. The van der Waals surface area contributed by atoms with Crippen LogP contribution in [0.4, 0.5) is 5.69 Å². The van der Waals surface area contributed by atoms with Crippen LogP contribution in [-0.4, -0.2) is 44.6 Å². The van der Waals surface area contributed by atoms with Gasteiger partial charge in [0.2, 0.25) is 5.91 Å². The van der Waals surface area contributed by atoms with E-state index in [-0.39, 0.29) is 25.0 Å². The number of hydrogen-bond donors (Lipinski definition) is 2. The molecule has 0 unspecified atom stereocenters. The van der Waals surface area contributed by atoms with Gasteiger partial charge in [-0.05, 0) is 31.2 Å². The second-order valence-corrected chi connectivity index (χ2v) is 5.90. The summed E-state index contributed by atoms with van der Waals surface area (Å²) >= 11 is 3.36. The number of nitrogens with zero attached hydrogens (tertiary/aromatic N) is 1. The number of halogens is 1. The topological polar surface area (TPSA) is 70.7 Å². The highest BCUT2D eigenvalue weighted by atomic mass is 79.9. The third-order valence-electron chi connectivity index (χ3n) is 3.22. The van der Waals surface area contributed by atoms with Crippen molar-refractivity contribution in [2.24, 2.45) is 0 Å². The second kappa shape index (κ2) is 8.14. The van der Waals surface area contributed by atoms with Crippen LogP contribution < -0.4 is 20.3 Å². The van der Waals surface area contributed by atoms with E-state index in [2.05, 4.69) is 33.5 Å². The van der Waals surface area contributed by atoms with E-state index < -0.39 is 0 Å². The molecule has 1 aromatic carbocycles. The van der Waals surface area contributed by atoms with Gasteiger partial charge in [-0.3, -0.25) is 14.5 Å². The Morgan fingerprint density at radius 2 is 2.18 bits per heavy atom. The van der Waals surface area contributed by atoms with E-state index >= 15 is 0 Å². The summed E-state index contributed by atoms with van der Waals surface area (Å²) in [5.41, 5.74) is 0.624. The fraction of sp³-hybridized carbons (Fsp3) is 0.467. The fourth-order valence-corrected chi connectivity index (χ4v) is 2.48. The lowest BCUT2D eigenvalue weighted by molar-refractivity contribution is -0.125. The zero-order chi connectivity index (χ0) is 15.9. The highest BCUT2D eigenvalue weighted by molar-refractivity contribution is 9.10. The van der Waals surface area contributed by atoms with Crippen molar-refractivity contribution in [3.05, 3.63) is 22.7 Å². The van der Waals surface area contributed by atoms with Crippen molar-refractivity contribution >= 4 is 33.4 Å². The third kappa shape index (κ3) is 4.45. The van der Waals surface area contributed by atoms with Gasteiger partial charge in [0.1, 0.15) is 12.3 Å². The van der Waals surface area contributed by atoms with Crippen LogP contribution in [0.3, 0.4) is 0 Å². The summed E-state index contributed by atoms with van der Waals surface area (Å²) in [5, 5.41) is 6.01. The summed E-state index contributed by atoms with van der Waals surface area (Å²) in [6, 6.07) is 5.38. The molecule has 7 heteroatoms. The van der Waals surface area contributed by atoms with E-state index in [9.17, 15) is 9.59 Å². The minimum absolute atomic E-state index is 0.00457. The van der Waals surface area contributed by atoms with Crippen molar-refractivity contribution < 1.29 is 14.3 Å². The minimum Gasteiger partial charge on any atom is -0.482 e. The normalized spacial score (nSPS) is 13.5. The number of benzene rings is 1. The van der Waals surface area contributed by atoms with Gasteiger partial charge >= 0.3 is 0 Å². The van der Waals surface area contributed by atoms with Gasteiger partial charge in [-0.2, -0.15) is 0 Å². The average Bonchev–Trinajstić information content (AvgIpc) is 2.50. The van der Waals surface area contributed by atoms with Crippen LogP contribution in [-0.2, 0) is 9.59 Å². The van der Waals surface area contributed by atoms with Crippen molar-refractivity contribution in [2.75, 3.05) is 37.7 Å². The van der Waals surface area contributed by atoms with Crippen molar-refractivity contribution in [1.29, 1.82) is 0 Å². The number of amides is 2. The predicted molar refractivity (Wildman–Crippen MR) is 88.2 cm³/mol. The monoisotopic (exact) mass is 369 g/mol. The Bertz CT molecular complexity index is 551. The molecule has 2 rings (SSSR count). The minimum atomic E-state index is -0.214. The molecule has 0 saturated carbocycles.